The largest absolute Gasteiger partial charge is 0.472 e. The molecule has 0 aromatic rings. The van der Waals surface area contributed by atoms with Crippen molar-refractivity contribution in [1.82, 2.24) is 0 Å². The highest BCUT2D eigenvalue weighted by molar-refractivity contribution is 7.47. The minimum Gasteiger partial charge on any atom is -0.457 e. The van der Waals surface area contributed by atoms with Gasteiger partial charge in [0.25, 0.3) is 0 Å². The Balaban J connectivity index is 4.33. The van der Waals surface area contributed by atoms with Crippen LogP contribution in [0.25, 0.3) is 0 Å². The van der Waals surface area contributed by atoms with Crippen LogP contribution in [-0.2, 0) is 27.9 Å². The van der Waals surface area contributed by atoms with Gasteiger partial charge in [-0.3, -0.25) is 13.8 Å². The van der Waals surface area contributed by atoms with Crippen LogP contribution in [0.1, 0.15) is 162 Å². The molecule has 0 amide bonds. The first-order chi connectivity index (χ1) is 25.0. The molecule has 0 aromatic heterocycles. The summed E-state index contributed by atoms with van der Waals surface area (Å²) in [5.74, 6) is -0.352. The first kappa shape index (κ1) is 50.7. The molecule has 52 heavy (non-hydrogen) atoms. The van der Waals surface area contributed by atoms with Crippen molar-refractivity contribution in [2.75, 3.05) is 54.1 Å². The predicted octanol–water partition coefficient (Wildman–Crippen LogP) is 10.8. The average Bonchev–Trinajstić information content (AvgIpc) is 3.08. The minimum absolute atomic E-state index is 0.0754. The smallest absolute Gasteiger partial charge is 0.457 e. The molecule has 0 fully saturated rings. The number of quaternary nitrogens is 1. The number of rotatable bonds is 38. The molecule has 0 saturated heterocycles. The molecule has 9 nitrogen and oxygen atoms in total. The molecule has 0 aliphatic carbocycles. The Morgan fingerprint density at radius 2 is 1.27 bits per heavy atom. The lowest BCUT2D eigenvalue weighted by atomic mass is 10.0. The van der Waals surface area contributed by atoms with E-state index in [-0.39, 0.29) is 32.2 Å². The van der Waals surface area contributed by atoms with Gasteiger partial charge in [-0.1, -0.05) is 153 Å². The molecule has 0 aliphatic heterocycles. The number of esters is 1. The third-order valence-corrected chi connectivity index (χ3v) is 9.78. The average molecular weight is 759 g/mol. The molecule has 0 saturated carbocycles. The van der Waals surface area contributed by atoms with Gasteiger partial charge in [-0.05, 0) is 38.5 Å². The Labute approximate surface area is 319 Å². The molecule has 0 radical (unpaired) electrons. The molecule has 3 unspecified atom stereocenters. The Bertz CT molecular complexity index is 949. The topological polar surface area (TPSA) is 112 Å². The van der Waals surface area contributed by atoms with E-state index < -0.39 is 20.0 Å². The Morgan fingerprint density at radius 3 is 1.87 bits per heavy atom. The fourth-order valence-electron chi connectivity index (χ4n) is 5.53. The minimum atomic E-state index is -4.29. The fourth-order valence-corrected chi connectivity index (χ4v) is 6.27. The number of phosphoric acid groups is 1. The van der Waals surface area contributed by atoms with Gasteiger partial charge < -0.3 is 24.0 Å². The summed E-state index contributed by atoms with van der Waals surface area (Å²) < 4.78 is 34.9. The molecule has 0 rings (SSSR count). The predicted molar refractivity (Wildman–Crippen MR) is 216 cm³/mol. The normalized spacial score (nSPS) is 14.8. The van der Waals surface area contributed by atoms with Crippen molar-refractivity contribution in [2.45, 2.75) is 174 Å². The monoisotopic (exact) mass is 759 g/mol. The molecule has 0 spiro atoms. The number of aliphatic hydroxyl groups is 1. The molecular formula is C42H81NO8P+. The van der Waals surface area contributed by atoms with Crippen LogP contribution in [-0.4, -0.2) is 86.8 Å². The third-order valence-electron chi connectivity index (χ3n) is 8.80. The van der Waals surface area contributed by atoms with E-state index in [0.717, 1.165) is 57.8 Å². The van der Waals surface area contributed by atoms with Gasteiger partial charge in [-0.25, -0.2) is 4.57 Å². The lowest BCUT2D eigenvalue weighted by molar-refractivity contribution is -0.870. The van der Waals surface area contributed by atoms with Gasteiger partial charge in [0.05, 0.1) is 40.5 Å². The van der Waals surface area contributed by atoms with Crippen LogP contribution < -0.4 is 0 Å². The zero-order valence-electron chi connectivity index (χ0n) is 34.2. The molecule has 0 bridgehead atoms. The molecule has 3 atom stereocenters. The van der Waals surface area contributed by atoms with Crippen LogP contribution in [0, 0.1) is 0 Å². The quantitative estimate of drug-likeness (QED) is 0.0160. The lowest BCUT2D eigenvalue weighted by Gasteiger charge is -2.24. The molecule has 0 aliphatic rings. The van der Waals surface area contributed by atoms with E-state index in [4.69, 9.17) is 18.5 Å². The van der Waals surface area contributed by atoms with Crippen LogP contribution in [0.15, 0.2) is 36.5 Å². The zero-order valence-corrected chi connectivity index (χ0v) is 35.1. The summed E-state index contributed by atoms with van der Waals surface area (Å²) >= 11 is 0. The number of aliphatic hydroxyl groups excluding tert-OH is 1. The zero-order chi connectivity index (χ0) is 38.6. The second kappa shape index (κ2) is 35.4. The molecule has 0 aromatic carbocycles. The van der Waals surface area contributed by atoms with Crippen molar-refractivity contribution in [3.8, 4) is 0 Å². The van der Waals surface area contributed by atoms with Crippen molar-refractivity contribution in [3.05, 3.63) is 36.5 Å². The Hall–Kier alpha value is -1.32. The Kier molecular flexibility index (Phi) is 34.5. The number of carbonyl (C=O) groups is 1. The van der Waals surface area contributed by atoms with Gasteiger partial charge in [-0.2, -0.15) is 0 Å². The number of unbranched alkanes of at least 4 members (excludes halogenated alkanes) is 18. The fraction of sp³-hybridized carbons (Fsp3) is 0.833. The highest BCUT2D eigenvalue weighted by Crippen LogP contribution is 2.43. The van der Waals surface area contributed by atoms with Crippen LogP contribution in [0.5, 0.6) is 0 Å². The van der Waals surface area contributed by atoms with E-state index in [0.29, 0.717) is 24.1 Å². The second-order valence-corrected chi connectivity index (χ2v) is 16.7. The number of allylic oxidation sites excluding steroid dienone is 4. The van der Waals surface area contributed by atoms with Crippen molar-refractivity contribution >= 4 is 13.8 Å². The van der Waals surface area contributed by atoms with Gasteiger partial charge in [0, 0.05) is 13.0 Å². The highest BCUT2D eigenvalue weighted by atomic mass is 31.2. The van der Waals surface area contributed by atoms with Crippen LogP contribution in [0.2, 0.25) is 0 Å². The first-order valence-electron chi connectivity index (χ1n) is 20.8. The van der Waals surface area contributed by atoms with Crippen molar-refractivity contribution in [2.24, 2.45) is 0 Å². The summed E-state index contributed by atoms with van der Waals surface area (Å²) in [7, 11) is 1.62. The molecule has 10 heteroatoms. The van der Waals surface area contributed by atoms with Crippen LogP contribution in [0.4, 0.5) is 0 Å². The van der Waals surface area contributed by atoms with Crippen molar-refractivity contribution in [1.29, 1.82) is 0 Å². The van der Waals surface area contributed by atoms with Gasteiger partial charge in [0.1, 0.15) is 19.3 Å². The highest BCUT2D eigenvalue weighted by Gasteiger charge is 2.26. The number of hydrogen-bond donors (Lipinski definition) is 2. The molecule has 0 heterocycles. The Morgan fingerprint density at radius 1 is 0.692 bits per heavy atom. The SMILES string of the molecule is CC/C=C/CC(O)/C=C/C=C/CCCCCCCC(=O)OC(COCCCCCCCCCCCCCCCC)COP(=O)(O)OCC[N+](C)(C)C. The summed E-state index contributed by atoms with van der Waals surface area (Å²) in [6.07, 6.45) is 36.4. The third kappa shape index (κ3) is 38.4. The van der Waals surface area contributed by atoms with Crippen molar-refractivity contribution in [3.63, 3.8) is 0 Å². The first-order valence-corrected chi connectivity index (χ1v) is 22.3. The van der Waals surface area contributed by atoms with E-state index in [1.54, 1.807) is 0 Å². The summed E-state index contributed by atoms with van der Waals surface area (Å²) in [5.41, 5.74) is 0. The number of nitrogens with zero attached hydrogens (tertiary/aromatic N) is 1. The number of phosphoric ester groups is 1. The van der Waals surface area contributed by atoms with Crippen LogP contribution in [0.3, 0.4) is 0 Å². The maximum absolute atomic E-state index is 12.7. The summed E-state index contributed by atoms with van der Waals surface area (Å²) in [4.78, 5) is 22.8. The summed E-state index contributed by atoms with van der Waals surface area (Å²) in [6.45, 7) is 5.36. The van der Waals surface area contributed by atoms with E-state index in [9.17, 15) is 19.4 Å². The molecule has 2 N–H and O–H groups in total. The van der Waals surface area contributed by atoms with Crippen molar-refractivity contribution < 1.29 is 42.4 Å². The lowest BCUT2D eigenvalue weighted by Crippen LogP contribution is -2.37. The van der Waals surface area contributed by atoms with Gasteiger partial charge in [0.15, 0.2) is 0 Å². The van der Waals surface area contributed by atoms with E-state index >= 15 is 0 Å². The number of hydrogen-bond acceptors (Lipinski definition) is 7. The maximum atomic E-state index is 12.7. The van der Waals surface area contributed by atoms with Crippen LogP contribution >= 0.6 is 7.82 Å². The van der Waals surface area contributed by atoms with Gasteiger partial charge in [-0.15, -0.1) is 0 Å². The molecular weight excluding hydrogens is 677 g/mol. The van der Waals surface area contributed by atoms with E-state index in [1.807, 2.05) is 45.4 Å². The standard InChI is InChI=1S/C42H80NO8P/c1-6-8-10-11-12-13-14-15-16-17-21-24-27-31-36-48-38-41(39-50-52(46,47)49-37-35-43(3,4)5)51-42(45)34-30-26-23-20-18-19-22-25-29-33-40(44)32-28-9-7-2/h9,22,25,28-29,33,40-41,44H,6-8,10-21,23-24,26-27,30-32,34-39H2,1-5H3/p+1/b25-22+,28-9+,33-29+. The van der Waals surface area contributed by atoms with Gasteiger partial charge in [0.2, 0.25) is 0 Å². The summed E-state index contributed by atoms with van der Waals surface area (Å²) in [6, 6.07) is 0. The van der Waals surface area contributed by atoms with E-state index in [1.165, 1.54) is 77.0 Å². The summed E-state index contributed by atoms with van der Waals surface area (Å²) in [5, 5.41) is 9.88. The van der Waals surface area contributed by atoms with Gasteiger partial charge >= 0.3 is 13.8 Å². The maximum Gasteiger partial charge on any atom is 0.472 e. The number of carbonyl (C=O) groups excluding carboxylic acids is 1. The number of ether oxygens (including phenoxy) is 2. The van der Waals surface area contributed by atoms with E-state index in [2.05, 4.69) is 26.0 Å². The second-order valence-electron chi connectivity index (χ2n) is 15.2. The number of likely N-dealkylation sites (N-methyl/N-ethyl adjacent to an activating group) is 1. The molecule has 306 valence electrons.